The molecule has 27 heavy (non-hydrogen) atoms. The van der Waals surface area contributed by atoms with Crippen molar-refractivity contribution in [2.75, 3.05) is 5.32 Å². The minimum absolute atomic E-state index is 0.191. The van der Waals surface area contributed by atoms with Crippen LogP contribution in [0.2, 0.25) is 0 Å². The monoisotopic (exact) mass is 364 g/mol. The zero-order valence-corrected chi connectivity index (χ0v) is 14.4. The van der Waals surface area contributed by atoms with Gasteiger partial charge in [-0.15, -0.1) is 0 Å². The highest BCUT2D eigenvalue weighted by Gasteiger charge is 2.25. The lowest BCUT2D eigenvalue weighted by atomic mass is 10.1. The number of benzene rings is 2. The third kappa shape index (κ3) is 3.87. The van der Waals surface area contributed by atoms with Crippen LogP contribution in [0.25, 0.3) is 5.69 Å². The van der Waals surface area contributed by atoms with Crippen molar-refractivity contribution in [2.24, 2.45) is 0 Å². The van der Waals surface area contributed by atoms with E-state index < -0.39 is 5.91 Å². The molecule has 0 radical (unpaired) electrons. The second-order valence-electron chi connectivity index (χ2n) is 6.37. The molecule has 7 heteroatoms. The molecule has 0 spiro atoms. The Morgan fingerprint density at radius 3 is 2.48 bits per heavy atom. The molecule has 136 valence electrons. The molecule has 2 amide bonds. The number of hydrogen-bond acceptors (Lipinski definition) is 3. The fourth-order valence-electron chi connectivity index (χ4n) is 2.65. The molecule has 4 rings (SSSR count). The number of hydrogen-bond donors (Lipinski definition) is 2. The number of carbonyl (C=O) groups excluding carboxylic acids is 2. The third-order valence-electron chi connectivity index (χ3n) is 4.25. The Hall–Kier alpha value is -3.48. The first-order chi connectivity index (χ1) is 13.1. The summed E-state index contributed by atoms with van der Waals surface area (Å²) in [5.41, 5.74) is 1.67. The predicted molar refractivity (Wildman–Crippen MR) is 98.4 cm³/mol. The van der Waals surface area contributed by atoms with Crippen LogP contribution in [0.1, 0.15) is 33.7 Å². The van der Waals surface area contributed by atoms with Gasteiger partial charge in [-0.05, 0) is 55.3 Å². The quantitative estimate of drug-likeness (QED) is 0.730. The first-order valence-electron chi connectivity index (χ1n) is 8.63. The maximum absolute atomic E-state index is 13.0. The molecule has 1 aliphatic carbocycles. The van der Waals surface area contributed by atoms with E-state index in [1.165, 1.54) is 16.8 Å². The van der Waals surface area contributed by atoms with Gasteiger partial charge in [0.25, 0.3) is 11.8 Å². The van der Waals surface area contributed by atoms with Gasteiger partial charge in [0.15, 0.2) is 5.69 Å². The molecule has 1 fully saturated rings. The fraction of sp³-hybridized carbons (Fsp3) is 0.150. The number of amides is 2. The second kappa shape index (κ2) is 7.03. The predicted octanol–water partition coefficient (Wildman–Crippen LogP) is 3.16. The summed E-state index contributed by atoms with van der Waals surface area (Å²) in [4.78, 5) is 24.9. The molecular weight excluding hydrogens is 347 g/mol. The van der Waals surface area contributed by atoms with E-state index in [4.69, 9.17) is 0 Å². The minimum Gasteiger partial charge on any atom is -0.349 e. The summed E-state index contributed by atoms with van der Waals surface area (Å²) in [7, 11) is 0. The van der Waals surface area contributed by atoms with E-state index in [-0.39, 0.29) is 23.5 Å². The van der Waals surface area contributed by atoms with Crippen LogP contribution in [-0.4, -0.2) is 27.6 Å². The van der Waals surface area contributed by atoms with E-state index in [0.29, 0.717) is 16.9 Å². The van der Waals surface area contributed by atoms with E-state index in [1.807, 2.05) is 0 Å². The van der Waals surface area contributed by atoms with Gasteiger partial charge in [0.2, 0.25) is 0 Å². The first kappa shape index (κ1) is 17.0. The molecule has 1 aromatic heterocycles. The molecule has 6 nitrogen and oxygen atoms in total. The Morgan fingerprint density at radius 2 is 1.74 bits per heavy atom. The topological polar surface area (TPSA) is 76.0 Å². The normalized spacial score (nSPS) is 13.2. The summed E-state index contributed by atoms with van der Waals surface area (Å²) < 4.78 is 14.5. The highest BCUT2D eigenvalue weighted by molar-refractivity contribution is 6.08. The third-order valence-corrected chi connectivity index (χ3v) is 4.25. The van der Waals surface area contributed by atoms with Crippen molar-refractivity contribution < 1.29 is 14.0 Å². The number of rotatable bonds is 5. The molecular formula is C20H17FN4O2. The zero-order chi connectivity index (χ0) is 18.8. The van der Waals surface area contributed by atoms with Crippen LogP contribution in [-0.2, 0) is 0 Å². The SMILES string of the molecule is O=C(Nc1ccccc1C(=O)NC1CC1)c1ccn(-c2ccc(F)cc2)n1. The molecule has 0 unspecified atom stereocenters. The molecule has 1 heterocycles. The van der Waals surface area contributed by atoms with E-state index in [1.54, 1.807) is 48.7 Å². The van der Waals surface area contributed by atoms with Crippen LogP contribution < -0.4 is 10.6 Å². The Balaban J connectivity index is 1.51. The maximum atomic E-state index is 13.0. The molecule has 1 saturated carbocycles. The van der Waals surface area contributed by atoms with Gasteiger partial charge in [0, 0.05) is 12.2 Å². The van der Waals surface area contributed by atoms with Gasteiger partial charge in [0.05, 0.1) is 16.9 Å². The summed E-state index contributed by atoms with van der Waals surface area (Å²) in [6.07, 6.45) is 3.59. The van der Waals surface area contributed by atoms with Gasteiger partial charge >= 0.3 is 0 Å². The van der Waals surface area contributed by atoms with Gasteiger partial charge in [-0.2, -0.15) is 5.10 Å². The van der Waals surface area contributed by atoms with Gasteiger partial charge < -0.3 is 10.6 Å². The lowest BCUT2D eigenvalue weighted by molar-refractivity contribution is 0.0952. The number of carbonyl (C=O) groups is 2. The largest absolute Gasteiger partial charge is 0.349 e. The molecule has 1 aliphatic rings. The van der Waals surface area contributed by atoms with Crippen LogP contribution in [0, 0.1) is 5.82 Å². The van der Waals surface area contributed by atoms with E-state index in [2.05, 4.69) is 15.7 Å². The number of para-hydroxylation sites is 1. The fourth-order valence-corrected chi connectivity index (χ4v) is 2.65. The minimum atomic E-state index is -0.428. The van der Waals surface area contributed by atoms with Gasteiger partial charge in [-0.25, -0.2) is 9.07 Å². The second-order valence-corrected chi connectivity index (χ2v) is 6.37. The lowest BCUT2D eigenvalue weighted by Crippen LogP contribution is -2.27. The van der Waals surface area contributed by atoms with Crippen LogP contribution in [0.5, 0.6) is 0 Å². The van der Waals surface area contributed by atoms with E-state index in [9.17, 15) is 14.0 Å². The molecule has 0 bridgehead atoms. The van der Waals surface area contributed by atoms with Gasteiger partial charge in [0.1, 0.15) is 5.82 Å². The van der Waals surface area contributed by atoms with Crippen molar-refractivity contribution in [3.63, 3.8) is 0 Å². The van der Waals surface area contributed by atoms with Gasteiger partial charge in [-0.3, -0.25) is 9.59 Å². The van der Waals surface area contributed by atoms with E-state index >= 15 is 0 Å². The van der Waals surface area contributed by atoms with Crippen LogP contribution in [0.3, 0.4) is 0 Å². The lowest BCUT2D eigenvalue weighted by Gasteiger charge is -2.10. The van der Waals surface area contributed by atoms with Crippen LogP contribution in [0.15, 0.2) is 60.8 Å². The summed E-state index contributed by atoms with van der Waals surface area (Å²) in [5.74, 6) is -0.974. The Morgan fingerprint density at radius 1 is 1.00 bits per heavy atom. The molecule has 0 aliphatic heterocycles. The Kier molecular flexibility index (Phi) is 4.42. The van der Waals surface area contributed by atoms with Crippen molar-refractivity contribution in [3.05, 3.63) is 77.9 Å². The molecule has 0 saturated heterocycles. The van der Waals surface area contributed by atoms with Gasteiger partial charge in [-0.1, -0.05) is 12.1 Å². The number of aromatic nitrogens is 2. The van der Waals surface area contributed by atoms with Crippen molar-refractivity contribution >= 4 is 17.5 Å². The van der Waals surface area contributed by atoms with Crippen molar-refractivity contribution in [1.29, 1.82) is 0 Å². The van der Waals surface area contributed by atoms with Crippen molar-refractivity contribution in [3.8, 4) is 5.69 Å². The number of halogens is 1. The van der Waals surface area contributed by atoms with Crippen LogP contribution in [0.4, 0.5) is 10.1 Å². The molecule has 0 atom stereocenters. The average molecular weight is 364 g/mol. The number of anilines is 1. The smallest absolute Gasteiger partial charge is 0.276 e. The van der Waals surface area contributed by atoms with Crippen molar-refractivity contribution in [1.82, 2.24) is 15.1 Å². The van der Waals surface area contributed by atoms with E-state index in [0.717, 1.165) is 12.8 Å². The number of nitrogens with one attached hydrogen (secondary N) is 2. The first-order valence-corrected chi connectivity index (χ1v) is 8.63. The summed E-state index contributed by atoms with van der Waals surface area (Å²) in [6, 6.07) is 14.4. The van der Waals surface area contributed by atoms with Crippen LogP contribution >= 0.6 is 0 Å². The Labute approximate surface area is 155 Å². The number of nitrogens with zero attached hydrogens (tertiary/aromatic N) is 2. The molecule has 3 aromatic rings. The zero-order valence-electron chi connectivity index (χ0n) is 14.4. The average Bonchev–Trinajstić information content (AvgIpc) is 3.34. The molecule has 2 N–H and O–H groups in total. The highest BCUT2D eigenvalue weighted by Crippen LogP contribution is 2.22. The summed E-state index contributed by atoms with van der Waals surface area (Å²) >= 11 is 0. The summed E-state index contributed by atoms with van der Waals surface area (Å²) in [6.45, 7) is 0. The highest BCUT2D eigenvalue weighted by atomic mass is 19.1. The maximum Gasteiger partial charge on any atom is 0.276 e. The standard InChI is InChI=1S/C20H17FN4O2/c21-13-5-9-15(10-6-13)25-12-11-18(24-25)20(27)23-17-4-2-1-3-16(17)19(26)22-14-7-8-14/h1-6,9-12,14H,7-8H2,(H,22,26)(H,23,27). The summed E-state index contributed by atoms with van der Waals surface area (Å²) in [5, 5.41) is 9.87. The molecule has 2 aromatic carbocycles. The van der Waals surface area contributed by atoms with Crippen molar-refractivity contribution in [2.45, 2.75) is 18.9 Å². The Bertz CT molecular complexity index is 993.